The zero-order chi connectivity index (χ0) is 10.2. The minimum atomic E-state index is -1.03. The zero-order valence-electron chi connectivity index (χ0n) is 6.09. The van der Waals surface area contributed by atoms with E-state index >= 15 is 0 Å². The Balaban J connectivity index is 3.66. The van der Waals surface area contributed by atoms with E-state index in [1.54, 1.807) is 0 Å². The van der Waals surface area contributed by atoms with Crippen LogP contribution < -0.4 is 0 Å². The van der Waals surface area contributed by atoms with Gasteiger partial charge in [0.1, 0.15) is 0 Å². The van der Waals surface area contributed by atoms with Crippen LogP contribution in [0, 0.1) is 0 Å². The van der Waals surface area contributed by atoms with Gasteiger partial charge in [0, 0.05) is 12.4 Å². The molecule has 0 unspecified atom stereocenters. The molecule has 0 saturated heterocycles. The van der Waals surface area contributed by atoms with Crippen LogP contribution in [0.4, 0.5) is 5.69 Å². The highest BCUT2D eigenvalue weighted by molar-refractivity contribution is 7.47. The van der Waals surface area contributed by atoms with Crippen LogP contribution in [0.5, 0.6) is 28.7 Å². The molecule has 1 aromatic carbocycles. The number of aromatic hydroxyl groups is 5. The largest absolute Gasteiger partial charge is 0.503 e. The monoisotopic (exact) mass is 203 g/mol. The fourth-order valence-corrected chi connectivity index (χ4v) is 0.932. The molecule has 0 fully saturated rings. The standard InChI is InChI=1S/C6H5NO5S/c8-2-1(7-13)3(9)5(11)6(12)4(2)10/h8-12H. The highest BCUT2D eigenvalue weighted by Gasteiger charge is 2.22. The molecular weight excluding hydrogens is 198 g/mol. The van der Waals surface area contributed by atoms with Gasteiger partial charge in [-0.15, -0.1) is 0 Å². The van der Waals surface area contributed by atoms with Crippen molar-refractivity contribution >= 4 is 18.1 Å². The Morgan fingerprint density at radius 3 is 1.31 bits per heavy atom. The molecule has 0 aliphatic carbocycles. The van der Waals surface area contributed by atoms with E-state index in [1.165, 1.54) is 0 Å². The van der Waals surface area contributed by atoms with Crippen LogP contribution in [0.2, 0.25) is 0 Å². The Bertz CT molecular complexity index is 349. The molecule has 1 aromatic rings. The molecule has 7 heteroatoms. The molecule has 5 N–H and O–H groups in total. The average Bonchev–Trinajstić information content (AvgIpc) is 2.13. The molecule has 70 valence electrons. The third-order valence-corrected chi connectivity index (χ3v) is 1.62. The van der Waals surface area contributed by atoms with E-state index in [-0.39, 0.29) is 0 Å². The van der Waals surface area contributed by atoms with Crippen LogP contribution in [0.15, 0.2) is 4.36 Å². The predicted molar refractivity (Wildman–Crippen MR) is 44.2 cm³/mol. The van der Waals surface area contributed by atoms with Gasteiger partial charge in [-0.2, -0.15) is 4.36 Å². The highest BCUT2D eigenvalue weighted by atomic mass is 32.1. The summed E-state index contributed by atoms with van der Waals surface area (Å²) in [6.07, 6.45) is 0. The summed E-state index contributed by atoms with van der Waals surface area (Å²) in [7, 11) is 0. The van der Waals surface area contributed by atoms with Gasteiger partial charge in [0.15, 0.2) is 17.2 Å². The summed E-state index contributed by atoms with van der Waals surface area (Å²) in [4.78, 5) is 0. The van der Waals surface area contributed by atoms with Crippen molar-refractivity contribution in [2.45, 2.75) is 0 Å². The molecular formula is C6H5NO5S. The second-order valence-corrected chi connectivity index (χ2v) is 2.37. The van der Waals surface area contributed by atoms with E-state index in [2.05, 4.69) is 16.8 Å². The predicted octanol–water partition coefficient (Wildman–Crippen LogP) is 0.577. The Hall–Kier alpha value is -1.76. The van der Waals surface area contributed by atoms with E-state index in [0.717, 1.165) is 0 Å². The van der Waals surface area contributed by atoms with Crippen LogP contribution in [0.25, 0.3) is 0 Å². The first-order valence-electron chi connectivity index (χ1n) is 3.02. The SMILES string of the molecule is Oc1c(O)c(O)c(N=S)c(O)c1O. The van der Waals surface area contributed by atoms with Crippen molar-refractivity contribution in [2.75, 3.05) is 0 Å². The van der Waals surface area contributed by atoms with Crippen LogP contribution >= 0.6 is 0 Å². The number of hydrogen-bond donors (Lipinski definition) is 5. The zero-order valence-corrected chi connectivity index (χ0v) is 6.91. The number of hydrogen-bond acceptors (Lipinski definition) is 7. The highest BCUT2D eigenvalue weighted by Crippen LogP contribution is 2.54. The third-order valence-electron chi connectivity index (χ3n) is 1.44. The van der Waals surface area contributed by atoms with E-state index in [1.807, 2.05) is 0 Å². The van der Waals surface area contributed by atoms with Gasteiger partial charge in [-0.05, 0) is 0 Å². The maximum atomic E-state index is 9.04. The summed E-state index contributed by atoms with van der Waals surface area (Å²) in [5.74, 6) is -4.78. The Morgan fingerprint density at radius 2 is 1.00 bits per heavy atom. The van der Waals surface area contributed by atoms with Gasteiger partial charge < -0.3 is 25.5 Å². The molecule has 13 heavy (non-hydrogen) atoms. The molecule has 0 radical (unpaired) electrons. The molecule has 0 aromatic heterocycles. The van der Waals surface area contributed by atoms with Crippen LogP contribution in [0.3, 0.4) is 0 Å². The molecule has 0 aliphatic rings. The van der Waals surface area contributed by atoms with Crippen LogP contribution in [-0.4, -0.2) is 25.5 Å². The summed E-state index contributed by atoms with van der Waals surface area (Å²) in [5.41, 5.74) is -0.567. The smallest absolute Gasteiger partial charge is 0.208 e. The molecule has 0 heterocycles. The van der Waals surface area contributed by atoms with E-state index in [0.29, 0.717) is 0 Å². The van der Waals surface area contributed by atoms with Crippen molar-refractivity contribution in [1.82, 2.24) is 0 Å². The van der Waals surface area contributed by atoms with Crippen molar-refractivity contribution in [1.29, 1.82) is 0 Å². The van der Waals surface area contributed by atoms with Crippen LogP contribution in [-0.2, 0) is 12.4 Å². The molecule has 0 saturated carbocycles. The quantitative estimate of drug-likeness (QED) is 0.337. The molecule has 0 atom stereocenters. The minimum absolute atomic E-state index is 0.567. The second kappa shape index (κ2) is 2.94. The second-order valence-electron chi connectivity index (χ2n) is 2.18. The summed E-state index contributed by atoms with van der Waals surface area (Å²) in [5, 5.41) is 44.9. The average molecular weight is 203 g/mol. The summed E-state index contributed by atoms with van der Waals surface area (Å²) >= 11 is 4.16. The van der Waals surface area contributed by atoms with E-state index in [9.17, 15) is 0 Å². The number of rotatable bonds is 1. The van der Waals surface area contributed by atoms with E-state index < -0.39 is 34.4 Å². The van der Waals surface area contributed by atoms with Gasteiger partial charge >= 0.3 is 0 Å². The Labute approximate surface area is 77.5 Å². The molecule has 0 spiro atoms. The number of phenolic OH excluding ortho intramolecular Hbond substituents is 5. The topological polar surface area (TPSA) is 114 Å². The third kappa shape index (κ3) is 1.18. The van der Waals surface area contributed by atoms with Gasteiger partial charge in [-0.3, -0.25) is 0 Å². The normalized spacial score (nSPS) is 9.85. The number of nitrogens with zero attached hydrogens (tertiary/aromatic N) is 1. The number of benzene rings is 1. The van der Waals surface area contributed by atoms with Crippen molar-refractivity contribution in [3.05, 3.63) is 0 Å². The van der Waals surface area contributed by atoms with Crippen molar-refractivity contribution in [3.8, 4) is 28.7 Å². The molecule has 0 bridgehead atoms. The first-order chi connectivity index (χ1) is 6.00. The Kier molecular flexibility index (Phi) is 2.11. The number of phenols is 5. The van der Waals surface area contributed by atoms with Crippen LogP contribution in [0.1, 0.15) is 0 Å². The minimum Gasteiger partial charge on any atom is -0.503 e. The molecule has 6 nitrogen and oxygen atoms in total. The maximum absolute atomic E-state index is 9.04. The van der Waals surface area contributed by atoms with Crippen molar-refractivity contribution in [3.63, 3.8) is 0 Å². The van der Waals surface area contributed by atoms with Gasteiger partial charge in [0.2, 0.25) is 17.2 Å². The van der Waals surface area contributed by atoms with Crippen molar-refractivity contribution < 1.29 is 25.5 Å². The fraction of sp³-hybridized carbons (Fsp3) is 0. The van der Waals surface area contributed by atoms with Gasteiger partial charge in [0.05, 0.1) is 0 Å². The first-order valence-corrected chi connectivity index (χ1v) is 3.39. The van der Waals surface area contributed by atoms with Gasteiger partial charge in [0.25, 0.3) is 0 Å². The lowest BCUT2D eigenvalue weighted by Gasteiger charge is -2.07. The molecule has 1 rings (SSSR count). The van der Waals surface area contributed by atoms with Gasteiger partial charge in [-0.1, -0.05) is 0 Å². The maximum Gasteiger partial charge on any atom is 0.208 e. The lowest BCUT2D eigenvalue weighted by molar-refractivity contribution is 0.330. The summed E-state index contributed by atoms with van der Waals surface area (Å²) in [6.45, 7) is 0. The van der Waals surface area contributed by atoms with Gasteiger partial charge in [-0.25, -0.2) is 0 Å². The Morgan fingerprint density at radius 1 is 0.692 bits per heavy atom. The molecule has 0 amide bonds. The summed E-state index contributed by atoms with van der Waals surface area (Å²) < 4.78 is 2.98. The first kappa shape index (κ1) is 9.33. The molecule has 0 aliphatic heterocycles. The van der Waals surface area contributed by atoms with E-state index in [4.69, 9.17) is 25.5 Å². The summed E-state index contributed by atoms with van der Waals surface area (Å²) in [6, 6.07) is 0. The lowest BCUT2D eigenvalue weighted by atomic mass is 10.2. The van der Waals surface area contributed by atoms with Crippen molar-refractivity contribution in [2.24, 2.45) is 4.36 Å². The lowest BCUT2D eigenvalue weighted by Crippen LogP contribution is -1.77. The fourth-order valence-electron chi connectivity index (χ4n) is 0.759.